The molecule has 5 saturated carbocycles. The van der Waals surface area contributed by atoms with Gasteiger partial charge in [-0.25, -0.2) is 0 Å². The van der Waals surface area contributed by atoms with E-state index in [1.807, 2.05) is 0 Å². The number of carbonyl (C=O) groups excluding carboxylic acids is 2. The summed E-state index contributed by atoms with van der Waals surface area (Å²) in [5, 5.41) is 0. The van der Waals surface area contributed by atoms with E-state index in [2.05, 4.69) is 32.0 Å². The first-order valence-electron chi connectivity index (χ1n) is 16.1. The minimum atomic E-state index is -4.90. The summed E-state index contributed by atoms with van der Waals surface area (Å²) in [4.78, 5) is 27.8. The van der Waals surface area contributed by atoms with Gasteiger partial charge in [0, 0.05) is 23.7 Å². The summed E-state index contributed by atoms with van der Waals surface area (Å²) in [6.07, 6.45) is -4.19. The molecule has 0 heterocycles. The normalized spacial score (nSPS) is 36.9. The second-order valence-corrected chi connectivity index (χ2v) is 14.6. The van der Waals surface area contributed by atoms with Crippen LogP contribution in [0.1, 0.15) is 96.6 Å². The summed E-state index contributed by atoms with van der Waals surface area (Å²) < 4.78 is 81.2. The Morgan fingerprint density at radius 1 is 0.500 bits per heavy atom. The Labute approximate surface area is 254 Å². The van der Waals surface area contributed by atoms with Gasteiger partial charge in [-0.3, -0.25) is 9.59 Å². The van der Waals surface area contributed by atoms with Gasteiger partial charge in [0.2, 0.25) is 0 Å². The second-order valence-electron chi connectivity index (χ2n) is 14.6. The Kier molecular flexibility index (Phi) is 7.13. The number of hydrogen-bond acceptors (Lipinski definition) is 2. The average Bonchev–Trinajstić information content (AvgIpc) is 3.40. The number of Topliss-reactive ketones (excluding diaryl/α,β-unsaturated/α-hetero) is 2. The summed E-state index contributed by atoms with van der Waals surface area (Å²) in [7, 11) is 0. The van der Waals surface area contributed by atoms with Crippen LogP contribution >= 0.6 is 0 Å². The maximum absolute atomic E-state index is 13.9. The molecule has 0 aliphatic heterocycles. The molecular formula is C36H38F6O2. The van der Waals surface area contributed by atoms with Crippen LogP contribution in [0.2, 0.25) is 0 Å². The highest BCUT2D eigenvalue weighted by molar-refractivity contribution is 5.90. The van der Waals surface area contributed by atoms with Crippen molar-refractivity contribution in [1.29, 1.82) is 0 Å². The van der Waals surface area contributed by atoms with Crippen molar-refractivity contribution in [3.63, 3.8) is 0 Å². The summed E-state index contributed by atoms with van der Waals surface area (Å²) in [6.45, 7) is 4.21. The van der Waals surface area contributed by atoms with E-state index in [1.165, 1.54) is 16.7 Å². The lowest BCUT2D eigenvalue weighted by atomic mass is 9.63. The van der Waals surface area contributed by atoms with Crippen molar-refractivity contribution in [2.75, 3.05) is 0 Å². The third-order valence-corrected chi connectivity index (χ3v) is 12.3. The molecule has 10 atom stereocenters. The maximum Gasteiger partial charge on any atom is 0.416 e. The fourth-order valence-electron chi connectivity index (χ4n) is 10.5. The summed E-state index contributed by atoms with van der Waals surface area (Å²) in [6, 6.07) is 8.50. The fraction of sp³-hybridized carbons (Fsp3) is 0.611. The topological polar surface area (TPSA) is 34.1 Å². The molecule has 0 N–H and O–H groups in total. The number of benzene rings is 2. The highest BCUT2D eigenvalue weighted by Gasteiger charge is 2.61. The molecule has 5 aliphatic carbocycles. The molecule has 2 nitrogen and oxygen atoms in total. The number of rotatable bonds is 2. The molecule has 44 heavy (non-hydrogen) atoms. The molecule has 5 fully saturated rings. The zero-order valence-corrected chi connectivity index (χ0v) is 25.0. The van der Waals surface area contributed by atoms with Gasteiger partial charge in [-0.2, -0.15) is 26.3 Å². The average molecular weight is 617 g/mol. The third kappa shape index (κ3) is 5.02. The predicted octanol–water partition coefficient (Wildman–Crippen LogP) is 9.47. The summed E-state index contributed by atoms with van der Waals surface area (Å²) in [5.41, 5.74) is 1.20. The minimum absolute atomic E-state index is 0.0173. The number of hydrogen-bond donors (Lipinski definition) is 0. The number of ketones is 2. The van der Waals surface area contributed by atoms with E-state index in [-0.39, 0.29) is 65.3 Å². The molecule has 5 aliphatic rings. The lowest BCUT2D eigenvalue weighted by Gasteiger charge is -2.40. The number of halogens is 6. The molecule has 10 unspecified atom stereocenters. The monoisotopic (exact) mass is 616 g/mol. The number of aryl methyl sites for hydroxylation is 2. The molecule has 8 heteroatoms. The zero-order valence-electron chi connectivity index (χ0n) is 25.0. The highest BCUT2D eigenvalue weighted by atomic mass is 19.4. The van der Waals surface area contributed by atoms with Crippen molar-refractivity contribution < 1.29 is 35.9 Å². The van der Waals surface area contributed by atoms with E-state index < -0.39 is 29.4 Å². The Morgan fingerprint density at radius 2 is 0.886 bits per heavy atom. The Hall–Kier alpha value is -2.64. The standard InChI is InChI=1S/C36H38F6O2/c1-17-7-18(2)9-21(8-17)19-3-5-25-27-15-32-28(16-31(27)33(43)29(25)12-19)26-6-4-20(13-30(26)34(32)44)22-10-23(35(37,38)39)14-24(11-22)36(40,41)42/h7-11,14,19-20,25-32H,3-6,12-13,15-16H2,1-2H3. The largest absolute Gasteiger partial charge is 0.416 e. The van der Waals surface area contributed by atoms with Gasteiger partial charge in [0.05, 0.1) is 11.1 Å². The Morgan fingerprint density at radius 3 is 1.30 bits per heavy atom. The van der Waals surface area contributed by atoms with Crippen molar-refractivity contribution in [3.8, 4) is 0 Å². The van der Waals surface area contributed by atoms with Crippen LogP contribution < -0.4 is 0 Å². The molecule has 2 aromatic rings. The molecule has 0 aromatic heterocycles. The minimum Gasteiger partial charge on any atom is -0.299 e. The van der Waals surface area contributed by atoms with Gasteiger partial charge in [-0.1, -0.05) is 29.3 Å². The first-order chi connectivity index (χ1) is 20.7. The van der Waals surface area contributed by atoms with Crippen LogP contribution in [0.15, 0.2) is 36.4 Å². The van der Waals surface area contributed by atoms with Crippen molar-refractivity contribution in [1.82, 2.24) is 0 Å². The van der Waals surface area contributed by atoms with Crippen molar-refractivity contribution in [2.45, 2.75) is 89.4 Å². The van der Waals surface area contributed by atoms with Gasteiger partial charge < -0.3 is 0 Å². The van der Waals surface area contributed by atoms with E-state index in [9.17, 15) is 35.9 Å². The summed E-state index contributed by atoms with van der Waals surface area (Å²) in [5.74, 6) is 0.447. The zero-order chi connectivity index (χ0) is 31.3. The van der Waals surface area contributed by atoms with E-state index in [0.29, 0.717) is 43.3 Å². The van der Waals surface area contributed by atoms with Gasteiger partial charge in [0.25, 0.3) is 0 Å². The molecule has 0 bridgehead atoms. The molecule has 0 radical (unpaired) electrons. The quantitative estimate of drug-likeness (QED) is 0.315. The fourth-order valence-corrected chi connectivity index (χ4v) is 10.5. The Balaban J connectivity index is 1.09. The first-order valence-corrected chi connectivity index (χ1v) is 16.1. The van der Waals surface area contributed by atoms with Crippen molar-refractivity contribution >= 4 is 11.6 Å². The second kappa shape index (κ2) is 10.4. The lowest BCUT2D eigenvalue weighted by molar-refractivity contribution is -0.143. The molecule has 236 valence electrons. The van der Waals surface area contributed by atoms with E-state index in [4.69, 9.17) is 0 Å². The lowest BCUT2D eigenvalue weighted by Crippen LogP contribution is -2.35. The molecule has 0 spiro atoms. The van der Waals surface area contributed by atoms with Crippen LogP contribution in [0.25, 0.3) is 0 Å². The van der Waals surface area contributed by atoms with Gasteiger partial charge in [-0.15, -0.1) is 0 Å². The maximum atomic E-state index is 13.9. The molecule has 2 aromatic carbocycles. The van der Waals surface area contributed by atoms with Gasteiger partial charge >= 0.3 is 12.4 Å². The van der Waals surface area contributed by atoms with Crippen LogP contribution in [0.5, 0.6) is 0 Å². The molecule has 7 rings (SSSR count). The number of alkyl halides is 6. The third-order valence-electron chi connectivity index (χ3n) is 12.3. The molecule has 0 amide bonds. The Bertz CT molecular complexity index is 1440. The first kappa shape index (κ1) is 30.0. The van der Waals surface area contributed by atoms with Gasteiger partial charge in [-0.05, 0) is 130 Å². The van der Waals surface area contributed by atoms with Crippen molar-refractivity contribution in [2.24, 2.45) is 47.3 Å². The molecule has 0 saturated heterocycles. The van der Waals surface area contributed by atoms with Crippen LogP contribution in [0.4, 0.5) is 26.3 Å². The SMILES string of the molecule is Cc1cc(C)cc(C2CCC3C(C2)C(=O)C2CC4C(CC23)C(=O)C2CC(c3cc(C(F)(F)F)cc(C(F)(F)F)c3)CCC24)c1. The van der Waals surface area contributed by atoms with Crippen LogP contribution in [0.3, 0.4) is 0 Å². The van der Waals surface area contributed by atoms with Crippen LogP contribution in [0, 0.1) is 61.2 Å². The van der Waals surface area contributed by atoms with Gasteiger partial charge in [0.15, 0.2) is 0 Å². The van der Waals surface area contributed by atoms with E-state index >= 15 is 0 Å². The molecular weight excluding hydrogens is 578 g/mol. The number of fused-ring (bicyclic) bond motifs is 6. The predicted molar refractivity (Wildman–Crippen MR) is 153 cm³/mol. The van der Waals surface area contributed by atoms with Crippen molar-refractivity contribution in [3.05, 3.63) is 69.8 Å². The highest BCUT2D eigenvalue weighted by Crippen LogP contribution is 2.62. The van der Waals surface area contributed by atoms with Gasteiger partial charge in [0.1, 0.15) is 11.6 Å². The number of carbonyl (C=O) groups is 2. The van der Waals surface area contributed by atoms with E-state index in [1.54, 1.807) is 0 Å². The van der Waals surface area contributed by atoms with Crippen LogP contribution in [-0.4, -0.2) is 11.6 Å². The smallest absolute Gasteiger partial charge is 0.299 e. The van der Waals surface area contributed by atoms with Crippen LogP contribution in [-0.2, 0) is 21.9 Å². The van der Waals surface area contributed by atoms with E-state index in [0.717, 1.165) is 31.4 Å². The summed E-state index contributed by atoms with van der Waals surface area (Å²) >= 11 is 0.